The number of thioether (sulfide) groups is 1. The summed E-state index contributed by atoms with van der Waals surface area (Å²) in [7, 11) is 0. The van der Waals surface area contributed by atoms with Crippen molar-refractivity contribution in [3.63, 3.8) is 0 Å². The van der Waals surface area contributed by atoms with E-state index in [1.165, 1.54) is 6.92 Å². The molecule has 0 spiro atoms. The Morgan fingerprint density at radius 1 is 1.08 bits per heavy atom. The van der Waals surface area contributed by atoms with Gasteiger partial charge in [0, 0.05) is 0 Å². The fraction of sp³-hybridized carbons (Fsp3) is 0.733. The van der Waals surface area contributed by atoms with Crippen LogP contribution in [0.3, 0.4) is 0 Å². The van der Waals surface area contributed by atoms with Crippen molar-refractivity contribution in [2.24, 2.45) is 11.7 Å². The molecule has 0 rings (SSSR count). The van der Waals surface area contributed by atoms with Crippen LogP contribution in [-0.2, 0) is 19.2 Å². The van der Waals surface area contributed by atoms with Crippen LogP contribution in [0.25, 0.3) is 0 Å². The molecule has 144 valence electrons. The van der Waals surface area contributed by atoms with E-state index in [1.54, 1.807) is 25.6 Å². The first-order valence-electron chi connectivity index (χ1n) is 7.94. The van der Waals surface area contributed by atoms with Gasteiger partial charge in [0.1, 0.15) is 12.1 Å². The number of carboxylic acids is 1. The molecule has 3 amide bonds. The summed E-state index contributed by atoms with van der Waals surface area (Å²) in [6, 6.07) is -2.60. The van der Waals surface area contributed by atoms with Gasteiger partial charge in [0.05, 0.1) is 12.6 Å². The van der Waals surface area contributed by atoms with E-state index in [0.717, 1.165) is 5.75 Å². The Morgan fingerprint density at radius 2 is 1.68 bits per heavy atom. The Balaban J connectivity index is 4.57. The molecule has 0 bridgehead atoms. The second-order valence-corrected chi connectivity index (χ2v) is 6.95. The highest BCUT2D eigenvalue weighted by Gasteiger charge is 2.26. The maximum absolute atomic E-state index is 12.2. The molecule has 0 radical (unpaired) electrons. The van der Waals surface area contributed by atoms with Crippen molar-refractivity contribution >= 4 is 35.5 Å². The lowest BCUT2D eigenvalue weighted by atomic mass is 10.0. The number of aliphatic carboxylic acids is 1. The van der Waals surface area contributed by atoms with Crippen LogP contribution in [-0.4, -0.2) is 65.5 Å². The molecule has 0 aliphatic carbocycles. The lowest BCUT2D eigenvalue weighted by molar-refractivity contribution is -0.141. The van der Waals surface area contributed by atoms with Crippen LogP contribution in [0, 0.1) is 5.92 Å². The van der Waals surface area contributed by atoms with Crippen molar-refractivity contribution in [2.75, 3.05) is 18.6 Å². The van der Waals surface area contributed by atoms with E-state index >= 15 is 0 Å². The van der Waals surface area contributed by atoms with Gasteiger partial charge in [-0.15, -0.1) is 0 Å². The summed E-state index contributed by atoms with van der Waals surface area (Å²) in [5.74, 6) is -2.24. The molecule has 3 unspecified atom stereocenters. The number of nitrogens with one attached hydrogen (secondary N) is 3. The third-order valence-electron chi connectivity index (χ3n) is 3.39. The minimum atomic E-state index is -1.17. The lowest BCUT2D eigenvalue weighted by Crippen LogP contribution is -2.55. The molecule has 0 aromatic carbocycles. The largest absolute Gasteiger partial charge is 0.480 e. The van der Waals surface area contributed by atoms with E-state index in [1.807, 2.05) is 6.26 Å². The van der Waals surface area contributed by atoms with Gasteiger partial charge in [-0.3, -0.25) is 19.2 Å². The summed E-state index contributed by atoms with van der Waals surface area (Å²) in [5.41, 5.74) is 5.78. The van der Waals surface area contributed by atoms with Gasteiger partial charge in [-0.1, -0.05) is 13.8 Å². The minimum Gasteiger partial charge on any atom is -0.480 e. The predicted octanol–water partition coefficient (Wildman–Crippen LogP) is -1.09. The topological polar surface area (TPSA) is 151 Å². The lowest BCUT2D eigenvalue weighted by Gasteiger charge is -2.23. The number of hydrogen-bond donors (Lipinski definition) is 5. The number of hydrogen-bond acceptors (Lipinski definition) is 6. The Bertz CT molecular complexity index is 487. The monoisotopic (exact) mass is 376 g/mol. The first-order valence-corrected chi connectivity index (χ1v) is 9.34. The molecule has 25 heavy (non-hydrogen) atoms. The van der Waals surface area contributed by atoms with E-state index in [4.69, 9.17) is 10.8 Å². The summed E-state index contributed by atoms with van der Waals surface area (Å²) in [4.78, 5) is 46.5. The number of rotatable bonds is 11. The first-order chi connectivity index (χ1) is 11.6. The van der Waals surface area contributed by atoms with Gasteiger partial charge in [0.2, 0.25) is 17.7 Å². The van der Waals surface area contributed by atoms with Crippen LogP contribution < -0.4 is 21.7 Å². The smallest absolute Gasteiger partial charge is 0.325 e. The van der Waals surface area contributed by atoms with Gasteiger partial charge >= 0.3 is 5.97 Å². The van der Waals surface area contributed by atoms with Gasteiger partial charge in [-0.05, 0) is 31.3 Å². The van der Waals surface area contributed by atoms with E-state index in [2.05, 4.69) is 16.0 Å². The van der Waals surface area contributed by atoms with E-state index < -0.39 is 41.8 Å². The molecule has 0 aliphatic heterocycles. The summed E-state index contributed by atoms with van der Waals surface area (Å²) in [5, 5.41) is 15.9. The molecule has 0 heterocycles. The first kappa shape index (κ1) is 23.2. The number of amides is 3. The minimum absolute atomic E-state index is 0.210. The van der Waals surface area contributed by atoms with Crippen molar-refractivity contribution < 1.29 is 24.3 Å². The Morgan fingerprint density at radius 3 is 2.16 bits per heavy atom. The third-order valence-corrected chi connectivity index (χ3v) is 4.03. The quantitative estimate of drug-likeness (QED) is 0.307. The van der Waals surface area contributed by atoms with Crippen LogP contribution in [0.15, 0.2) is 0 Å². The fourth-order valence-electron chi connectivity index (χ4n) is 1.80. The molecule has 0 fully saturated rings. The summed E-state index contributed by atoms with van der Waals surface area (Å²) >= 11 is 1.57. The van der Waals surface area contributed by atoms with Gasteiger partial charge < -0.3 is 26.8 Å². The van der Waals surface area contributed by atoms with Crippen LogP contribution in [0.5, 0.6) is 0 Å². The molecule has 9 nitrogen and oxygen atoms in total. The normalized spacial score (nSPS) is 14.3. The Labute approximate surface area is 151 Å². The van der Waals surface area contributed by atoms with Gasteiger partial charge in [0.15, 0.2) is 0 Å². The molecule has 6 N–H and O–H groups in total. The second kappa shape index (κ2) is 11.7. The molecular formula is C15H28N4O5S. The van der Waals surface area contributed by atoms with Gasteiger partial charge in [0.25, 0.3) is 0 Å². The average molecular weight is 376 g/mol. The average Bonchev–Trinajstić information content (AvgIpc) is 2.54. The molecule has 10 heteroatoms. The Hall–Kier alpha value is -1.81. The number of carboxylic acid groups (broad SMARTS) is 1. The zero-order valence-corrected chi connectivity index (χ0v) is 15.8. The van der Waals surface area contributed by atoms with Crippen molar-refractivity contribution in [2.45, 2.75) is 45.3 Å². The maximum atomic E-state index is 12.2. The van der Waals surface area contributed by atoms with Crippen LogP contribution >= 0.6 is 11.8 Å². The van der Waals surface area contributed by atoms with E-state index in [0.29, 0.717) is 6.42 Å². The fourth-order valence-corrected chi connectivity index (χ4v) is 2.29. The Kier molecular flexibility index (Phi) is 10.8. The zero-order chi connectivity index (χ0) is 19.6. The van der Waals surface area contributed by atoms with Crippen molar-refractivity contribution in [1.29, 1.82) is 0 Å². The van der Waals surface area contributed by atoms with Crippen LogP contribution in [0.4, 0.5) is 0 Å². The van der Waals surface area contributed by atoms with E-state index in [-0.39, 0.29) is 12.5 Å². The number of nitrogens with two attached hydrogens (primary N) is 1. The highest BCUT2D eigenvalue weighted by Crippen LogP contribution is 2.04. The zero-order valence-electron chi connectivity index (χ0n) is 15.0. The van der Waals surface area contributed by atoms with Crippen molar-refractivity contribution in [3.8, 4) is 0 Å². The molecule has 0 aliphatic rings. The SMILES string of the molecule is CSCCC(N)C(=O)NC(C(=O)NCC(=O)NC(C)C(=O)O)C(C)C. The van der Waals surface area contributed by atoms with E-state index in [9.17, 15) is 19.2 Å². The third kappa shape index (κ3) is 9.30. The molecule has 0 saturated heterocycles. The predicted molar refractivity (Wildman–Crippen MR) is 96.0 cm³/mol. The highest BCUT2D eigenvalue weighted by molar-refractivity contribution is 7.98. The summed E-state index contributed by atoms with van der Waals surface area (Å²) < 4.78 is 0. The molecular weight excluding hydrogens is 348 g/mol. The highest BCUT2D eigenvalue weighted by atomic mass is 32.2. The van der Waals surface area contributed by atoms with Crippen molar-refractivity contribution in [1.82, 2.24) is 16.0 Å². The van der Waals surface area contributed by atoms with Gasteiger partial charge in [-0.2, -0.15) is 11.8 Å². The molecule has 3 atom stereocenters. The standard InChI is InChI=1S/C15H28N4O5S/c1-8(2)12(19-13(21)10(16)5-6-25-4)14(22)17-7-11(20)18-9(3)15(23)24/h8-10,12H,5-7,16H2,1-4H3,(H,17,22)(H,18,20)(H,19,21)(H,23,24). The van der Waals surface area contributed by atoms with Crippen LogP contribution in [0.1, 0.15) is 27.2 Å². The molecule has 0 aromatic heterocycles. The maximum Gasteiger partial charge on any atom is 0.325 e. The number of carbonyl (C=O) groups is 4. The summed E-state index contributed by atoms with van der Waals surface area (Å²) in [6.07, 6.45) is 2.40. The van der Waals surface area contributed by atoms with Crippen LogP contribution in [0.2, 0.25) is 0 Å². The van der Waals surface area contributed by atoms with Gasteiger partial charge in [-0.25, -0.2) is 0 Å². The second-order valence-electron chi connectivity index (χ2n) is 5.96. The molecule has 0 saturated carbocycles. The summed E-state index contributed by atoms with van der Waals surface area (Å²) in [6.45, 7) is 4.44. The van der Waals surface area contributed by atoms with Crippen molar-refractivity contribution in [3.05, 3.63) is 0 Å². The number of carbonyl (C=O) groups excluding carboxylic acids is 3. The molecule has 0 aromatic rings.